The van der Waals surface area contributed by atoms with Gasteiger partial charge in [-0.1, -0.05) is 31.8 Å². The molecule has 16 heavy (non-hydrogen) atoms. The van der Waals surface area contributed by atoms with E-state index in [9.17, 15) is 0 Å². The van der Waals surface area contributed by atoms with Crippen molar-refractivity contribution in [1.29, 1.82) is 0 Å². The molecule has 4 nitrogen and oxygen atoms in total. The number of nitrogens with two attached hydrogens (primary N) is 1. The molecule has 0 bridgehead atoms. The molecule has 0 aromatic carbocycles. The molecule has 0 radical (unpaired) electrons. The van der Waals surface area contributed by atoms with Crippen LogP contribution >= 0.6 is 0 Å². The summed E-state index contributed by atoms with van der Waals surface area (Å²) in [6.07, 6.45) is 5.72. The van der Waals surface area contributed by atoms with Crippen LogP contribution in [0.4, 0.5) is 0 Å². The van der Waals surface area contributed by atoms with Gasteiger partial charge in [-0.05, 0) is 31.2 Å². The van der Waals surface area contributed by atoms with E-state index in [0.717, 1.165) is 24.8 Å². The lowest BCUT2D eigenvalue weighted by molar-refractivity contribution is 0.314. The third kappa shape index (κ3) is 4.00. The smallest absolute Gasteiger partial charge is 0.140 e. The van der Waals surface area contributed by atoms with Gasteiger partial charge in [0.1, 0.15) is 5.84 Å². The molecule has 94 valence electrons. The SMILES string of the molecule is CCC(CC(N)=NO)NCC1CCCC1C. The Balaban J connectivity index is 2.28. The molecule has 1 aliphatic carbocycles. The second-order valence-electron chi connectivity index (χ2n) is 4.98. The Morgan fingerprint density at radius 3 is 2.81 bits per heavy atom. The molecule has 1 fully saturated rings. The summed E-state index contributed by atoms with van der Waals surface area (Å²) < 4.78 is 0. The van der Waals surface area contributed by atoms with Gasteiger partial charge in [-0.2, -0.15) is 0 Å². The third-order valence-electron chi connectivity index (χ3n) is 3.78. The number of nitrogens with zero attached hydrogens (tertiary/aromatic N) is 1. The van der Waals surface area contributed by atoms with Gasteiger partial charge in [0, 0.05) is 12.5 Å². The quantitative estimate of drug-likeness (QED) is 0.281. The van der Waals surface area contributed by atoms with Crippen LogP contribution in [-0.2, 0) is 0 Å². The number of hydrogen-bond acceptors (Lipinski definition) is 3. The lowest BCUT2D eigenvalue weighted by Gasteiger charge is -2.21. The van der Waals surface area contributed by atoms with Crippen molar-refractivity contribution in [3.8, 4) is 0 Å². The van der Waals surface area contributed by atoms with Gasteiger partial charge in [0.15, 0.2) is 0 Å². The average Bonchev–Trinajstić information content (AvgIpc) is 2.69. The molecule has 0 heterocycles. The van der Waals surface area contributed by atoms with Crippen LogP contribution in [-0.4, -0.2) is 23.6 Å². The first-order valence-electron chi connectivity index (χ1n) is 6.37. The van der Waals surface area contributed by atoms with Crippen molar-refractivity contribution >= 4 is 5.84 Å². The van der Waals surface area contributed by atoms with Crippen LogP contribution < -0.4 is 11.1 Å². The molecule has 4 N–H and O–H groups in total. The molecule has 0 aliphatic heterocycles. The Labute approximate surface area is 98.3 Å². The first kappa shape index (κ1) is 13.3. The minimum atomic E-state index is 0.318. The molecule has 0 spiro atoms. The maximum Gasteiger partial charge on any atom is 0.140 e. The maximum atomic E-state index is 8.54. The molecule has 0 aromatic rings. The van der Waals surface area contributed by atoms with Crippen molar-refractivity contribution in [1.82, 2.24) is 5.32 Å². The monoisotopic (exact) mass is 227 g/mol. The lowest BCUT2D eigenvalue weighted by atomic mass is 9.97. The molecule has 1 rings (SSSR count). The average molecular weight is 227 g/mol. The highest BCUT2D eigenvalue weighted by molar-refractivity contribution is 5.80. The molecular formula is C12H25N3O. The van der Waals surface area contributed by atoms with Gasteiger partial charge >= 0.3 is 0 Å². The molecule has 0 aromatic heterocycles. The van der Waals surface area contributed by atoms with Crippen LogP contribution in [0.5, 0.6) is 0 Å². The topological polar surface area (TPSA) is 70.6 Å². The van der Waals surface area contributed by atoms with Gasteiger partial charge < -0.3 is 16.3 Å². The first-order valence-corrected chi connectivity index (χ1v) is 6.37. The van der Waals surface area contributed by atoms with E-state index in [1.165, 1.54) is 19.3 Å². The number of oxime groups is 1. The zero-order valence-electron chi connectivity index (χ0n) is 10.4. The third-order valence-corrected chi connectivity index (χ3v) is 3.78. The van der Waals surface area contributed by atoms with Crippen LogP contribution in [0.25, 0.3) is 0 Å². The standard InChI is InChI=1S/C12H25N3O/c1-3-11(7-12(13)15-16)14-8-10-6-4-5-9(10)2/h9-11,14,16H,3-8H2,1-2H3,(H2,13,15). The van der Waals surface area contributed by atoms with Crippen LogP contribution in [0.3, 0.4) is 0 Å². The largest absolute Gasteiger partial charge is 0.409 e. The number of hydrogen-bond donors (Lipinski definition) is 3. The summed E-state index contributed by atoms with van der Waals surface area (Å²) in [6, 6.07) is 0.337. The van der Waals surface area contributed by atoms with E-state index in [1.807, 2.05) is 0 Å². The van der Waals surface area contributed by atoms with Gasteiger partial charge in [-0.25, -0.2) is 0 Å². The number of rotatable bonds is 6. The second-order valence-corrected chi connectivity index (χ2v) is 4.98. The van der Waals surface area contributed by atoms with E-state index in [1.54, 1.807) is 0 Å². The highest BCUT2D eigenvalue weighted by Crippen LogP contribution is 2.30. The van der Waals surface area contributed by atoms with Gasteiger partial charge in [-0.15, -0.1) is 0 Å². The molecule has 0 amide bonds. The minimum absolute atomic E-state index is 0.318. The zero-order valence-corrected chi connectivity index (χ0v) is 10.4. The molecule has 3 atom stereocenters. The fourth-order valence-electron chi connectivity index (χ4n) is 2.50. The van der Waals surface area contributed by atoms with Crippen molar-refractivity contribution < 1.29 is 5.21 Å². The van der Waals surface area contributed by atoms with Crippen LogP contribution in [0, 0.1) is 11.8 Å². The summed E-state index contributed by atoms with van der Waals surface area (Å²) in [6.45, 7) is 5.53. The Hall–Kier alpha value is -0.770. The van der Waals surface area contributed by atoms with Gasteiger partial charge in [0.2, 0.25) is 0 Å². The van der Waals surface area contributed by atoms with Gasteiger partial charge in [-0.3, -0.25) is 0 Å². The number of amidine groups is 1. The molecule has 1 saturated carbocycles. The molecule has 0 saturated heterocycles. The summed E-state index contributed by atoms with van der Waals surface area (Å²) in [5.74, 6) is 1.97. The van der Waals surface area contributed by atoms with E-state index in [0.29, 0.717) is 18.3 Å². The van der Waals surface area contributed by atoms with E-state index in [-0.39, 0.29) is 0 Å². The highest BCUT2D eigenvalue weighted by atomic mass is 16.4. The fourth-order valence-corrected chi connectivity index (χ4v) is 2.50. The summed E-state index contributed by atoms with van der Waals surface area (Å²) in [5, 5.41) is 15.1. The van der Waals surface area contributed by atoms with E-state index < -0.39 is 0 Å². The number of nitrogens with one attached hydrogen (secondary N) is 1. The lowest BCUT2D eigenvalue weighted by Crippen LogP contribution is -2.36. The molecule has 1 aliphatic rings. The van der Waals surface area contributed by atoms with Crippen LogP contribution in [0.2, 0.25) is 0 Å². The van der Waals surface area contributed by atoms with E-state index in [2.05, 4.69) is 24.3 Å². The Bertz CT molecular complexity index is 230. The maximum absolute atomic E-state index is 8.54. The Kier molecular flexibility index (Phi) is 5.60. The summed E-state index contributed by atoms with van der Waals surface area (Å²) >= 11 is 0. The van der Waals surface area contributed by atoms with E-state index >= 15 is 0 Å². The van der Waals surface area contributed by atoms with Gasteiger partial charge in [0.05, 0.1) is 0 Å². The van der Waals surface area contributed by atoms with Crippen molar-refractivity contribution in [2.24, 2.45) is 22.7 Å². The zero-order chi connectivity index (χ0) is 12.0. The summed E-state index contributed by atoms with van der Waals surface area (Å²) in [7, 11) is 0. The van der Waals surface area contributed by atoms with Crippen molar-refractivity contribution in [2.75, 3.05) is 6.54 Å². The first-order chi connectivity index (χ1) is 7.67. The minimum Gasteiger partial charge on any atom is -0.409 e. The Morgan fingerprint density at radius 1 is 1.56 bits per heavy atom. The fraction of sp³-hybridized carbons (Fsp3) is 0.917. The highest BCUT2D eigenvalue weighted by Gasteiger charge is 2.23. The van der Waals surface area contributed by atoms with E-state index in [4.69, 9.17) is 10.9 Å². The predicted octanol–water partition coefficient (Wildman–Crippen LogP) is 1.93. The second kappa shape index (κ2) is 6.74. The molecule has 3 unspecified atom stereocenters. The normalized spacial score (nSPS) is 28.2. The summed E-state index contributed by atoms with van der Waals surface area (Å²) in [4.78, 5) is 0. The molecular weight excluding hydrogens is 202 g/mol. The van der Waals surface area contributed by atoms with Crippen molar-refractivity contribution in [3.63, 3.8) is 0 Å². The van der Waals surface area contributed by atoms with Crippen molar-refractivity contribution in [2.45, 2.75) is 52.0 Å². The van der Waals surface area contributed by atoms with Crippen molar-refractivity contribution in [3.05, 3.63) is 0 Å². The van der Waals surface area contributed by atoms with Crippen LogP contribution in [0.1, 0.15) is 46.0 Å². The Morgan fingerprint density at radius 2 is 2.31 bits per heavy atom. The van der Waals surface area contributed by atoms with Gasteiger partial charge in [0.25, 0.3) is 0 Å². The molecule has 4 heteroatoms. The predicted molar refractivity (Wildman–Crippen MR) is 66.6 cm³/mol. The van der Waals surface area contributed by atoms with Crippen LogP contribution in [0.15, 0.2) is 5.16 Å². The summed E-state index contributed by atoms with van der Waals surface area (Å²) in [5.41, 5.74) is 5.52.